The number of aliphatic hydroxyl groups is 1. The van der Waals surface area contributed by atoms with Crippen molar-refractivity contribution < 1.29 is 5.11 Å². The average Bonchev–Trinajstić information content (AvgIpc) is 2.79. The molecule has 2 heteroatoms. The summed E-state index contributed by atoms with van der Waals surface area (Å²) >= 11 is 0. The van der Waals surface area contributed by atoms with Crippen LogP contribution >= 0.6 is 0 Å². The molecule has 2 atom stereocenters. The second kappa shape index (κ2) is 5.55. The predicted octanol–water partition coefficient (Wildman–Crippen LogP) is 1.54. The van der Waals surface area contributed by atoms with Crippen molar-refractivity contribution in [2.45, 2.75) is 45.1 Å². The minimum atomic E-state index is 0.338. The maximum atomic E-state index is 8.56. The summed E-state index contributed by atoms with van der Waals surface area (Å²) in [6.07, 6.45) is 6.15. The van der Waals surface area contributed by atoms with Crippen LogP contribution in [0.2, 0.25) is 0 Å². The summed E-state index contributed by atoms with van der Waals surface area (Å²) in [5, 5.41) is 12.1. The Labute approximate surface area is 75.4 Å². The van der Waals surface area contributed by atoms with E-state index >= 15 is 0 Å². The van der Waals surface area contributed by atoms with Crippen LogP contribution in [0.15, 0.2) is 0 Å². The Morgan fingerprint density at radius 3 is 2.92 bits per heavy atom. The van der Waals surface area contributed by atoms with Crippen molar-refractivity contribution in [2.75, 3.05) is 13.2 Å². The van der Waals surface area contributed by atoms with Crippen LogP contribution in [0, 0.1) is 5.92 Å². The molecule has 2 unspecified atom stereocenters. The first kappa shape index (κ1) is 10.0. The van der Waals surface area contributed by atoms with Crippen molar-refractivity contribution in [3.05, 3.63) is 0 Å². The quantitative estimate of drug-likeness (QED) is 0.569. The third-order valence-electron chi connectivity index (χ3n) is 2.57. The highest BCUT2D eigenvalue weighted by Crippen LogP contribution is 2.34. The molecule has 0 amide bonds. The molecule has 1 aliphatic rings. The van der Waals surface area contributed by atoms with Crippen molar-refractivity contribution in [3.8, 4) is 0 Å². The maximum Gasteiger partial charge on any atom is 0.0431 e. The fourth-order valence-electron chi connectivity index (χ4n) is 1.71. The summed E-state index contributed by atoms with van der Waals surface area (Å²) < 4.78 is 0. The Bertz CT molecular complexity index is 116. The van der Waals surface area contributed by atoms with Crippen molar-refractivity contribution in [1.29, 1.82) is 0 Å². The van der Waals surface area contributed by atoms with Gasteiger partial charge in [0.1, 0.15) is 0 Å². The van der Waals surface area contributed by atoms with Crippen LogP contribution in [-0.4, -0.2) is 24.3 Å². The van der Waals surface area contributed by atoms with E-state index in [4.69, 9.17) is 5.11 Å². The molecule has 12 heavy (non-hydrogen) atoms. The van der Waals surface area contributed by atoms with E-state index in [1.807, 2.05) is 0 Å². The molecule has 1 rings (SSSR count). The van der Waals surface area contributed by atoms with Gasteiger partial charge in [0.2, 0.25) is 0 Å². The standard InChI is InChI=1S/C10H21NO/c1-2-5-9-8-10(9)11-6-3-4-7-12/h9-12H,2-8H2,1H3. The van der Waals surface area contributed by atoms with Gasteiger partial charge in [-0.1, -0.05) is 13.3 Å². The molecule has 0 aromatic heterocycles. The molecule has 0 spiro atoms. The molecular weight excluding hydrogens is 150 g/mol. The van der Waals surface area contributed by atoms with Gasteiger partial charge in [-0.25, -0.2) is 0 Å². The number of nitrogens with one attached hydrogen (secondary N) is 1. The zero-order valence-corrected chi connectivity index (χ0v) is 8.05. The predicted molar refractivity (Wildman–Crippen MR) is 51.1 cm³/mol. The monoisotopic (exact) mass is 171 g/mol. The van der Waals surface area contributed by atoms with E-state index < -0.39 is 0 Å². The Hall–Kier alpha value is -0.0800. The lowest BCUT2D eigenvalue weighted by Gasteiger charge is -2.01. The van der Waals surface area contributed by atoms with Crippen molar-refractivity contribution in [3.63, 3.8) is 0 Å². The third-order valence-corrected chi connectivity index (χ3v) is 2.57. The van der Waals surface area contributed by atoms with E-state index in [0.717, 1.165) is 31.3 Å². The zero-order chi connectivity index (χ0) is 8.81. The first-order valence-corrected chi connectivity index (χ1v) is 5.22. The highest BCUT2D eigenvalue weighted by molar-refractivity contribution is 4.92. The second-order valence-electron chi connectivity index (χ2n) is 3.78. The number of hydrogen-bond acceptors (Lipinski definition) is 2. The highest BCUT2D eigenvalue weighted by Gasteiger charge is 2.34. The van der Waals surface area contributed by atoms with Gasteiger partial charge in [0.15, 0.2) is 0 Å². The largest absolute Gasteiger partial charge is 0.396 e. The van der Waals surface area contributed by atoms with Gasteiger partial charge in [-0.15, -0.1) is 0 Å². The average molecular weight is 171 g/mol. The number of aliphatic hydroxyl groups excluding tert-OH is 1. The summed E-state index contributed by atoms with van der Waals surface area (Å²) in [7, 11) is 0. The first-order chi connectivity index (χ1) is 5.88. The normalized spacial score (nSPS) is 27.5. The Morgan fingerprint density at radius 1 is 1.42 bits per heavy atom. The Kier molecular flexibility index (Phi) is 4.62. The van der Waals surface area contributed by atoms with Gasteiger partial charge in [-0.2, -0.15) is 0 Å². The van der Waals surface area contributed by atoms with E-state index in [2.05, 4.69) is 12.2 Å². The second-order valence-corrected chi connectivity index (χ2v) is 3.78. The molecule has 0 aromatic rings. The fraction of sp³-hybridized carbons (Fsp3) is 1.00. The van der Waals surface area contributed by atoms with E-state index in [-0.39, 0.29) is 0 Å². The lowest BCUT2D eigenvalue weighted by atomic mass is 10.2. The first-order valence-electron chi connectivity index (χ1n) is 5.22. The molecule has 1 fully saturated rings. The summed E-state index contributed by atoms with van der Waals surface area (Å²) in [5.41, 5.74) is 0. The van der Waals surface area contributed by atoms with E-state index in [1.165, 1.54) is 19.3 Å². The summed E-state index contributed by atoms with van der Waals surface area (Å²) in [4.78, 5) is 0. The topological polar surface area (TPSA) is 32.3 Å². The smallest absolute Gasteiger partial charge is 0.0431 e. The number of rotatable bonds is 7. The minimum Gasteiger partial charge on any atom is -0.396 e. The van der Waals surface area contributed by atoms with E-state index in [0.29, 0.717) is 6.61 Å². The van der Waals surface area contributed by atoms with Gasteiger partial charge in [-0.3, -0.25) is 0 Å². The van der Waals surface area contributed by atoms with Crippen molar-refractivity contribution in [2.24, 2.45) is 5.92 Å². The van der Waals surface area contributed by atoms with Gasteiger partial charge < -0.3 is 10.4 Å². The van der Waals surface area contributed by atoms with Gasteiger partial charge >= 0.3 is 0 Å². The summed E-state index contributed by atoms with van der Waals surface area (Å²) in [6, 6.07) is 0.809. The molecule has 0 heterocycles. The molecule has 0 radical (unpaired) electrons. The van der Waals surface area contributed by atoms with Crippen LogP contribution in [-0.2, 0) is 0 Å². The van der Waals surface area contributed by atoms with E-state index in [1.54, 1.807) is 0 Å². The lowest BCUT2D eigenvalue weighted by Crippen LogP contribution is -2.19. The molecule has 0 bridgehead atoms. The van der Waals surface area contributed by atoms with Crippen LogP contribution < -0.4 is 5.32 Å². The van der Waals surface area contributed by atoms with Gasteiger partial charge in [0, 0.05) is 12.6 Å². The van der Waals surface area contributed by atoms with Gasteiger partial charge in [-0.05, 0) is 38.1 Å². The van der Waals surface area contributed by atoms with Crippen LogP contribution in [0.3, 0.4) is 0 Å². The van der Waals surface area contributed by atoms with Crippen molar-refractivity contribution in [1.82, 2.24) is 5.32 Å². The molecule has 2 nitrogen and oxygen atoms in total. The maximum absolute atomic E-state index is 8.56. The molecule has 2 N–H and O–H groups in total. The number of hydrogen-bond donors (Lipinski definition) is 2. The molecule has 1 saturated carbocycles. The molecule has 72 valence electrons. The molecule has 0 aromatic carbocycles. The van der Waals surface area contributed by atoms with Crippen LogP contribution in [0.4, 0.5) is 0 Å². The van der Waals surface area contributed by atoms with Crippen LogP contribution in [0.1, 0.15) is 39.0 Å². The number of unbranched alkanes of at least 4 members (excludes halogenated alkanes) is 1. The third kappa shape index (κ3) is 3.55. The summed E-state index contributed by atoms with van der Waals surface area (Å²) in [5.74, 6) is 0.962. The molecule has 1 aliphatic carbocycles. The molecule has 0 saturated heterocycles. The Morgan fingerprint density at radius 2 is 2.25 bits per heavy atom. The van der Waals surface area contributed by atoms with Crippen LogP contribution in [0.25, 0.3) is 0 Å². The molecule has 0 aliphatic heterocycles. The zero-order valence-electron chi connectivity index (χ0n) is 8.05. The van der Waals surface area contributed by atoms with Crippen molar-refractivity contribution >= 4 is 0 Å². The van der Waals surface area contributed by atoms with E-state index in [9.17, 15) is 0 Å². The summed E-state index contributed by atoms with van der Waals surface area (Å²) in [6.45, 7) is 3.68. The Balaban J connectivity index is 1.83. The molecular formula is C10H21NO. The lowest BCUT2D eigenvalue weighted by molar-refractivity contribution is 0.283. The SMILES string of the molecule is CCCC1CC1NCCCCO. The van der Waals surface area contributed by atoms with Crippen LogP contribution in [0.5, 0.6) is 0 Å². The minimum absolute atomic E-state index is 0.338. The van der Waals surface area contributed by atoms with Gasteiger partial charge in [0.25, 0.3) is 0 Å². The highest BCUT2D eigenvalue weighted by atomic mass is 16.2. The van der Waals surface area contributed by atoms with Gasteiger partial charge in [0.05, 0.1) is 0 Å². The fourth-order valence-corrected chi connectivity index (χ4v) is 1.71.